The molecule has 0 atom stereocenters. The number of aliphatic imine (C=N–C) groups is 1. The lowest BCUT2D eigenvalue weighted by Crippen LogP contribution is -2.48. The standard InChI is InChI=1S/C16H31N5O2/c1-16(2,3)20-14(23)11-21(5)15(17-4)18-10-6-7-13(22)19-12-8-9-12/h12H,6-11H2,1-5H3,(H,17,18)(H,19,22)(H,20,23). The van der Waals surface area contributed by atoms with Gasteiger partial charge in [-0.1, -0.05) is 0 Å². The van der Waals surface area contributed by atoms with Crippen LogP contribution < -0.4 is 16.0 Å². The summed E-state index contributed by atoms with van der Waals surface area (Å²) < 4.78 is 0. The quantitative estimate of drug-likeness (QED) is 0.361. The van der Waals surface area contributed by atoms with Gasteiger partial charge in [0.05, 0.1) is 6.54 Å². The van der Waals surface area contributed by atoms with E-state index >= 15 is 0 Å². The fraction of sp³-hybridized carbons (Fsp3) is 0.812. The molecule has 1 aliphatic rings. The Labute approximate surface area is 139 Å². The number of nitrogens with zero attached hydrogens (tertiary/aromatic N) is 2. The number of guanidine groups is 1. The maximum Gasteiger partial charge on any atom is 0.240 e. The highest BCUT2D eigenvalue weighted by atomic mass is 16.2. The fourth-order valence-corrected chi connectivity index (χ4v) is 2.11. The van der Waals surface area contributed by atoms with Crippen molar-refractivity contribution in [1.82, 2.24) is 20.9 Å². The smallest absolute Gasteiger partial charge is 0.240 e. The van der Waals surface area contributed by atoms with Crippen LogP contribution in [0.2, 0.25) is 0 Å². The fourth-order valence-electron chi connectivity index (χ4n) is 2.11. The second kappa shape index (κ2) is 8.74. The van der Waals surface area contributed by atoms with E-state index in [-0.39, 0.29) is 23.9 Å². The van der Waals surface area contributed by atoms with E-state index in [0.717, 1.165) is 19.3 Å². The summed E-state index contributed by atoms with van der Waals surface area (Å²) in [6, 6.07) is 0.413. The number of carbonyl (C=O) groups is 2. The summed E-state index contributed by atoms with van der Waals surface area (Å²) in [6.45, 7) is 6.73. The number of likely N-dealkylation sites (N-methyl/N-ethyl adjacent to an activating group) is 1. The SMILES string of the molecule is CN=C(NCCCC(=O)NC1CC1)N(C)CC(=O)NC(C)(C)C. The molecule has 0 heterocycles. The molecule has 1 aliphatic carbocycles. The first kappa shape index (κ1) is 19.3. The zero-order chi connectivity index (χ0) is 17.5. The molecule has 0 aromatic rings. The molecule has 0 aliphatic heterocycles. The molecule has 1 rings (SSSR count). The van der Waals surface area contributed by atoms with Crippen molar-refractivity contribution in [1.29, 1.82) is 0 Å². The highest BCUT2D eigenvalue weighted by Gasteiger charge is 2.22. The lowest BCUT2D eigenvalue weighted by Gasteiger charge is -2.25. The van der Waals surface area contributed by atoms with E-state index in [9.17, 15) is 9.59 Å². The summed E-state index contributed by atoms with van der Waals surface area (Å²) in [6.07, 6.45) is 3.46. The van der Waals surface area contributed by atoms with Gasteiger partial charge in [0, 0.05) is 38.6 Å². The molecule has 1 fully saturated rings. The molecule has 0 saturated heterocycles. The number of hydrogen-bond acceptors (Lipinski definition) is 3. The maximum absolute atomic E-state index is 11.9. The lowest BCUT2D eigenvalue weighted by atomic mass is 10.1. The molecular formula is C16H31N5O2. The largest absolute Gasteiger partial charge is 0.356 e. The summed E-state index contributed by atoms with van der Waals surface area (Å²) in [5, 5.41) is 9.06. The highest BCUT2D eigenvalue weighted by molar-refractivity contribution is 5.86. The van der Waals surface area contributed by atoms with Crippen LogP contribution in [0.3, 0.4) is 0 Å². The molecule has 7 nitrogen and oxygen atoms in total. The minimum atomic E-state index is -0.246. The average Bonchev–Trinajstić information content (AvgIpc) is 3.20. The Hall–Kier alpha value is -1.79. The summed E-state index contributed by atoms with van der Waals surface area (Å²) in [7, 11) is 3.50. The molecule has 7 heteroatoms. The van der Waals surface area contributed by atoms with E-state index in [1.54, 1.807) is 11.9 Å². The molecule has 0 aromatic carbocycles. The Morgan fingerprint density at radius 3 is 2.39 bits per heavy atom. The van der Waals surface area contributed by atoms with Gasteiger partial charge >= 0.3 is 0 Å². The normalized spacial score (nSPS) is 15.1. The molecule has 3 N–H and O–H groups in total. The average molecular weight is 325 g/mol. The second-order valence-electron chi connectivity index (χ2n) is 7.07. The van der Waals surface area contributed by atoms with Crippen molar-refractivity contribution in [2.45, 2.75) is 58.0 Å². The van der Waals surface area contributed by atoms with Crippen molar-refractivity contribution >= 4 is 17.8 Å². The summed E-state index contributed by atoms with van der Waals surface area (Å²) >= 11 is 0. The minimum absolute atomic E-state index is 0.0493. The molecule has 0 bridgehead atoms. The third-order valence-electron chi connectivity index (χ3n) is 3.27. The number of carbonyl (C=O) groups excluding carboxylic acids is 2. The van der Waals surface area contributed by atoms with Gasteiger partial charge in [-0.3, -0.25) is 14.6 Å². The van der Waals surface area contributed by atoms with Crippen LogP contribution in [0.1, 0.15) is 46.5 Å². The number of hydrogen-bond donors (Lipinski definition) is 3. The van der Waals surface area contributed by atoms with E-state index in [1.807, 2.05) is 27.8 Å². The zero-order valence-electron chi connectivity index (χ0n) is 15.0. The third-order valence-corrected chi connectivity index (χ3v) is 3.27. The summed E-state index contributed by atoms with van der Waals surface area (Å²) in [5.74, 6) is 0.714. The van der Waals surface area contributed by atoms with Gasteiger partial charge in [0.25, 0.3) is 0 Å². The Balaban J connectivity index is 2.23. The van der Waals surface area contributed by atoms with Crippen LogP contribution in [0.15, 0.2) is 4.99 Å². The van der Waals surface area contributed by atoms with Gasteiger partial charge in [0.2, 0.25) is 11.8 Å². The molecule has 23 heavy (non-hydrogen) atoms. The zero-order valence-corrected chi connectivity index (χ0v) is 15.0. The van der Waals surface area contributed by atoms with Gasteiger partial charge in [-0.2, -0.15) is 0 Å². The monoisotopic (exact) mass is 325 g/mol. The van der Waals surface area contributed by atoms with Crippen molar-refractivity contribution < 1.29 is 9.59 Å². The first-order valence-corrected chi connectivity index (χ1v) is 8.23. The molecule has 0 spiro atoms. The van der Waals surface area contributed by atoms with E-state index in [1.165, 1.54) is 0 Å². The van der Waals surface area contributed by atoms with Crippen molar-refractivity contribution in [3.05, 3.63) is 0 Å². The highest BCUT2D eigenvalue weighted by Crippen LogP contribution is 2.18. The molecule has 132 valence electrons. The van der Waals surface area contributed by atoms with Crippen LogP contribution >= 0.6 is 0 Å². The van der Waals surface area contributed by atoms with Crippen LogP contribution in [-0.4, -0.2) is 61.4 Å². The van der Waals surface area contributed by atoms with Gasteiger partial charge in [-0.15, -0.1) is 0 Å². The predicted octanol–water partition coefficient (Wildman–Crippen LogP) is 0.467. The number of rotatable bonds is 7. The van der Waals surface area contributed by atoms with Gasteiger partial charge in [-0.25, -0.2) is 0 Å². The van der Waals surface area contributed by atoms with Crippen LogP contribution in [0.5, 0.6) is 0 Å². The third kappa shape index (κ3) is 9.05. The van der Waals surface area contributed by atoms with Crippen LogP contribution in [0.25, 0.3) is 0 Å². The van der Waals surface area contributed by atoms with Crippen molar-refractivity contribution in [3.8, 4) is 0 Å². The van der Waals surface area contributed by atoms with Gasteiger partial charge in [-0.05, 0) is 40.0 Å². The molecule has 2 amide bonds. The van der Waals surface area contributed by atoms with Crippen molar-refractivity contribution in [2.75, 3.05) is 27.2 Å². The van der Waals surface area contributed by atoms with E-state index in [2.05, 4.69) is 20.9 Å². The molecule has 1 saturated carbocycles. The summed E-state index contributed by atoms with van der Waals surface area (Å²) in [5.41, 5.74) is -0.246. The molecule has 0 unspecified atom stereocenters. The van der Waals surface area contributed by atoms with Gasteiger partial charge < -0.3 is 20.9 Å². The Morgan fingerprint density at radius 2 is 1.87 bits per heavy atom. The van der Waals surface area contributed by atoms with Crippen LogP contribution in [-0.2, 0) is 9.59 Å². The molecule has 0 radical (unpaired) electrons. The van der Waals surface area contributed by atoms with Crippen LogP contribution in [0, 0.1) is 0 Å². The summed E-state index contributed by atoms with van der Waals surface area (Å²) in [4.78, 5) is 29.4. The number of nitrogens with one attached hydrogen (secondary N) is 3. The van der Waals surface area contributed by atoms with E-state index in [4.69, 9.17) is 0 Å². The van der Waals surface area contributed by atoms with E-state index in [0.29, 0.717) is 25.0 Å². The van der Waals surface area contributed by atoms with Gasteiger partial charge in [0.1, 0.15) is 0 Å². The van der Waals surface area contributed by atoms with Crippen LogP contribution in [0.4, 0.5) is 0 Å². The Bertz CT molecular complexity index is 438. The van der Waals surface area contributed by atoms with E-state index < -0.39 is 0 Å². The van der Waals surface area contributed by atoms with Crippen molar-refractivity contribution in [3.63, 3.8) is 0 Å². The first-order chi connectivity index (χ1) is 10.7. The minimum Gasteiger partial charge on any atom is -0.356 e. The van der Waals surface area contributed by atoms with Crippen molar-refractivity contribution in [2.24, 2.45) is 4.99 Å². The Kier molecular flexibility index (Phi) is 7.32. The lowest BCUT2D eigenvalue weighted by molar-refractivity contribution is -0.123. The maximum atomic E-state index is 11.9. The topological polar surface area (TPSA) is 85.8 Å². The molecule has 0 aromatic heterocycles. The Morgan fingerprint density at radius 1 is 1.22 bits per heavy atom. The second-order valence-corrected chi connectivity index (χ2v) is 7.07. The number of amides is 2. The predicted molar refractivity (Wildman–Crippen MR) is 92.3 cm³/mol. The first-order valence-electron chi connectivity index (χ1n) is 8.23. The molecular weight excluding hydrogens is 294 g/mol. The van der Waals surface area contributed by atoms with Gasteiger partial charge in [0.15, 0.2) is 5.96 Å².